The van der Waals surface area contributed by atoms with Crippen molar-refractivity contribution in [2.45, 2.75) is 26.4 Å². The van der Waals surface area contributed by atoms with Gasteiger partial charge in [-0.05, 0) is 56.7 Å². The zero-order valence-electron chi connectivity index (χ0n) is 13.2. The molecule has 0 saturated heterocycles. The number of pyridine rings is 1. The van der Waals surface area contributed by atoms with Crippen LogP contribution in [-0.2, 0) is 11.1 Å². The molecule has 0 spiro atoms. The molecule has 1 heterocycles. The van der Waals surface area contributed by atoms with Crippen molar-refractivity contribution in [1.82, 2.24) is 4.98 Å². The van der Waals surface area contributed by atoms with E-state index < -0.39 is 0 Å². The van der Waals surface area contributed by atoms with Crippen LogP contribution in [0.5, 0.6) is 0 Å². The Hall–Kier alpha value is -1.28. The van der Waals surface area contributed by atoms with E-state index in [1.807, 2.05) is 0 Å². The lowest BCUT2D eigenvalue weighted by Gasteiger charge is -2.10. The molecule has 1 aromatic heterocycles. The third-order valence-corrected chi connectivity index (χ3v) is 4.67. The molecule has 0 fully saturated rings. The van der Waals surface area contributed by atoms with E-state index in [1.165, 1.54) is 11.1 Å². The first-order valence-corrected chi connectivity index (χ1v) is 8.86. The summed E-state index contributed by atoms with van der Waals surface area (Å²) in [5.74, 6) is 0.428. The van der Waals surface area contributed by atoms with E-state index in [-0.39, 0.29) is 0 Å². The summed E-state index contributed by atoms with van der Waals surface area (Å²) in [5.41, 5.74) is 5.67. The largest absolute Gasteiger partial charge is 0.361 e. The number of halogens is 1. The van der Waals surface area contributed by atoms with Gasteiger partial charge in [-0.15, -0.1) is 0 Å². The number of aromatic nitrogens is 1. The lowest BCUT2D eigenvalue weighted by Crippen LogP contribution is -1.93. The van der Waals surface area contributed by atoms with Gasteiger partial charge in [-0.25, -0.2) is 0 Å². The van der Waals surface area contributed by atoms with Crippen molar-refractivity contribution in [2.24, 2.45) is 0 Å². The van der Waals surface area contributed by atoms with Gasteiger partial charge >= 0.3 is 0 Å². The second-order valence-corrected chi connectivity index (χ2v) is 7.12. The molecule has 2 nitrogen and oxygen atoms in total. The van der Waals surface area contributed by atoms with Gasteiger partial charge in [-0.3, -0.25) is 4.98 Å². The molecular formula is C19H19BrNOP. The lowest BCUT2D eigenvalue weighted by molar-refractivity contribution is 0.362. The molecule has 118 valence electrons. The van der Waals surface area contributed by atoms with Crippen LogP contribution in [0.3, 0.4) is 0 Å². The van der Waals surface area contributed by atoms with Gasteiger partial charge in [0.2, 0.25) is 0 Å². The van der Waals surface area contributed by atoms with Crippen molar-refractivity contribution in [3.8, 4) is 11.1 Å². The smallest absolute Gasteiger partial charge is 0.0847 e. The number of fused-ring (bicyclic) bond motifs is 1. The van der Waals surface area contributed by atoms with Crippen molar-refractivity contribution >= 4 is 36.3 Å². The van der Waals surface area contributed by atoms with E-state index in [9.17, 15) is 0 Å². The predicted molar refractivity (Wildman–Crippen MR) is 103 cm³/mol. The van der Waals surface area contributed by atoms with Crippen molar-refractivity contribution in [1.29, 1.82) is 0 Å². The van der Waals surface area contributed by atoms with Crippen molar-refractivity contribution in [2.75, 3.05) is 0 Å². The van der Waals surface area contributed by atoms with Gasteiger partial charge in [0.05, 0.1) is 12.1 Å². The molecule has 0 amide bonds. The first-order valence-electron chi connectivity index (χ1n) is 7.59. The maximum Gasteiger partial charge on any atom is 0.0847 e. The number of hydrogen-bond donors (Lipinski definition) is 0. The fourth-order valence-electron chi connectivity index (χ4n) is 2.58. The molecule has 0 aliphatic rings. The van der Waals surface area contributed by atoms with Crippen LogP contribution in [0.15, 0.2) is 53.0 Å². The minimum absolute atomic E-state index is 0.428. The summed E-state index contributed by atoms with van der Waals surface area (Å²) in [6.45, 7) is 4.93. The van der Waals surface area contributed by atoms with Crippen LogP contribution in [0.25, 0.3) is 22.0 Å². The summed E-state index contributed by atoms with van der Waals surface area (Å²) in [7, 11) is 2.28. The standard InChI is InChI=1S/C19H19BrNOP/c1-12(2)18-8-7-15-9-16(10-17(20)19(15)21-18)14-5-3-13(4-6-14)11-22-23/h3-10,12H,11,23H2,1-2H3. The monoisotopic (exact) mass is 387 g/mol. The van der Waals surface area contributed by atoms with Crippen LogP contribution < -0.4 is 0 Å². The van der Waals surface area contributed by atoms with Gasteiger partial charge in [-0.1, -0.05) is 44.2 Å². The minimum atomic E-state index is 0.428. The SMILES string of the molecule is CC(C)c1ccc2cc(-c3ccc(COP)cc3)cc(Br)c2n1. The average Bonchev–Trinajstić information content (AvgIpc) is 2.55. The summed E-state index contributed by atoms with van der Waals surface area (Å²) < 4.78 is 6.11. The first kappa shape index (κ1) is 16.6. The highest BCUT2D eigenvalue weighted by Crippen LogP contribution is 2.31. The summed E-state index contributed by atoms with van der Waals surface area (Å²) in [6, 6.07) is 17.0. The third-order valence-electron chi connectivity index (χ3n) is 3.90. The molecule has 4 heteroatoms. The molecule has 0 aliphatic carbocycles. The molecule has 23 heavy (non-hydrogen) atoms. The summed E-state index contributed by atoms with van der Waals surface area (Å²) in [5, 5.41) is 1.15. The number of nitrogens with zero attached hydrogens (tertiary/aromatic N) is 1. The van der Waals surface area contributed by atoms with Gasteiger partial charge < -0.3 is 4.52 Å². The lowest BCUT2D eigenvalue weighted by atomic mass is 10.0. The Morgan fingerprint density at radius 3 is 2.43 bits per heavy atom. The highest BCUT2D eigenvalue weighted by Gasteiger charge is 2.08. The molecule has 0 saturated carbocycles. The number of hydrogen-bond acceptors (Lipinski definition) is 2. The van der Waals surface area contributed by atoms with Crippen LogP contribution in [0, 0.1) is 0 Å². The Labute approximate surface area is 147 Å². The van der Waals surface area contributed by atoms with Crippen molar-refractivity contribution in [3.05, 3.63) is 64.3 Å². The van der Waals surface area contributed by atoms with Gasteiger partial charge in [0.25, 0.3) is 0 Å². The summed E-state index contributed by atoms with van der Waals surface area (Å²) >= 11 is 3.68. The predicted octanol–water partition coefficient (Wildman–Crippen LogP) is 6.09. The topological polar surface area (TPSA) is 22.1 Å². The van der Waals surface area contributed by atoms with Gasteiger partial charge in [0.15, 0.2) is 0 Å². The Balaban J connectivity index is 2.03. The molecule has 1 unspecified atom stereocenters. The molecule has 0 bridgehead atoms. The van der Waals surface area contributed by atoms with E-state index in [4.69, 9.17) is 9.51 Å². The van der Waals surface area contributed by atoms with E-state index in [2.05, 4.69) is 87.8 Å². The van der Waals surface area contributed by atoms with Crippen LogP contribution in [0.2, 0.25) is 0 Å². The number of rotatable bonds is 4. The summed E-state index contributed by atoms with van der Waals surface area (Å²) in [6.07, 6.45) is 0. The van der Waals surface area contributed by atoms with Crippen LogP contribution >= 0.6 is 25.4 Å². The minimum Gasteiger partial charge on any atom is -0.361 e. The second-order valence-electron chi connectivity index (χ2n) is 5.93. The maximum atomic E-state index is 5.08. The third kappa shape index (κ3) is 3.63. The van der Waals surface area contributed by atoms with E-state index in [0.29, 0.717) is 12.5 Å². The Morgan fingerprint density at radius 1 is 1.04 bits per heavy atom. The van der Waals surface area contributed by atoms with Gasteiger partial charge in [0, 0.05) is 25.0 Å². The van der Waals surface area contributed by atoms with Crippen LogP contribution in [-0.4, -0.2) is 4.98 Å². The molecule has 1 atom stereocenters. The maximum absolute atomic E-state index is 5.08. The normalized spacial score (nSPS) is 11.3. The highest BCUT2D eigenvalue weighted by molar-refractivity contribution is 9.10. The quantitative estimate of drug-likeness (QED) is 0.505. The van der Waals surface area contributed by atoms with E-state index in [1.54, 1.807) is 0 Å². The zero-order valence-corrected chi connectivity index (χ0v) is 16.0. The van der Waals surface area contributed by atoms with Crippen molar-refractivity contribution in [3.63, 3.8) is 0 Å². The average molecular weight is 388 g/mol. The van der Waals surface area contributed by atoms with Crippen LogP contribution in [0.1, 0.15) is 31.0 Å². The van der Waals surface area contributed by atoms with Gasteiger partial charge in [-0.2, -0.15) is 0 Å². The van der Waals surface area contributed by atoms with Crippen molar-refractivity contribution < 1.29 is 4.52 Å². The Morgan fingerprint density at radius 2 is 1.78 bits per heavy atom. The van der Waals surface area contributed by atoms with E-state index in [0.717, 1.165) is 26.6 Å². The molecule has 3 rings (SSSR count). The van der Waals surface area contributed by atoms with Gasteiger partial charge in [0.1, 0.15) is 0 Å². The first-order chi connectivity index (χ1) is 11.1. The molecule has 0 N–H and O–H groups in total. The fourth-order valence-corrected chi connectivity index (χ4v) is 3.34. The second kappa shape index (κ2) is 7.09. The number of benzene rings is 2. The van der Waals surface area contributed by atoms with Crippen LogP contribution in [0.4, 0.5) is 0 Å². The molecule has 0 radical (unpaired) electrons. The highest BCUT2D eigenvalue weighted by atomic mass is 79.9. The summed E-state index contributed by atoms with van der Waals surface area (Å²) in [4.78, 5) is 4.78. The Kier molecular flexibility index (Phi) is 5.11. The zero-order chi connectivity index (χ0) is 16.4. The fraction of sp³-hybridized carbons (Fsp3) is 0.211. The molecule has 2 aromatic carbocycles. The Bertz CT molecular complexity index is 831. The molecule has 3 aromatic rings. The molecular weight excluding hydrogens is 369 g/mol. The van der Waals surface area contributed by atoms with E-state index >= 15 is 0 Å². The molecule has 0 aliphatic heterocycles.